The van der Waals surface area contributed by atoms with Gasteiger partial charge in [-0.2, -0.15) is 29.9 Å². The molecular weight excluding hydrogens is 895 g/mol. The smallest absolute Gasteiger partial charge is 0.744 e. The Morgan fingerprint density at radius 2 is 0.839 bits per heavy atom. The fraction of sp³-hybridized carbons (Fsp3) is 0.158. The minimum Gasteiger partial charge on any atom is -0.744 e. The number of nitrogens with zero attached hydrogens (tertiary/aromatic N) is 8. The van der Waals surface area contributed by atoms with Gasteiger partial charge in [0.2, 0.25) is 35.7 Å². The van der Waals surface area contributed by atoms with E-state index in [9.17, 15) is 36.2 Å². The van der Waals surface area contributed by atoms with E-state index >= 15 is 0 Å². The largest absolute Gasteiger partial charge is 1.00 e. The molecular formula is C38H38K2N12O8S2. The maximum absolute atomic E-state index is 12.5. The number of hydrogen-bond donors (Lipinski definition) is 6. The van der Waals surface area contributed by atoms with E-state index in [2.05, 4.69) is 51.2 Å². The molecule has 312 valence electrons. The van der Waals surface area contributed by atoms with Crippen LogP contribution in [0.25, 0.3) is 12.2 Å². The van der Waals surface area contributed by atoms with Crippen molar-refractivity contribution in [3.63, 3.8) is 0 Å². The van der Waals surface area contributed by atoms with Gasteiger partial charge >= 0.3 is 103 Å². The van der Waals surface area contributed by atoms with Gasteiger partial charge in [0.05, 0.1) is 23.0 Å². The fourth-order valence-corrected chi connectivity index (χ4v) is 6.86. The minimum absolute atomic E-state index is 0. The van der Waals surface area contributed by atoms with E-state index in [-0.39, 0.29) is 187 Å². The molecule has 6 aromatic rings. The third-order valence-corrected chi connectivity index (χ3v) is 10.2. The van der Waals surface area contributed by atoms with Crippen molar-refractivity contribution in [2.45, 2.75) is 9.79 Å². The van der Waals surface area contributed by atoms with Gasteiger partial charge in [-0.25, -0.2) is 16.8 Å². The SMILES string of the molecule is CN(CCO)c1nc(Nc2ccccc2)nc(Nc2ccc(C=Cc3ccc(Nc4nc(Nc5ccccc5)nc(N(C)CCO)n4)cc3S(=O)(=O)[O-])c(S(=O)(=O)[O-])c2)n1.[K+].[K+]. The predicted octanol–water partition coefficient (Wildman–Crippen LogP) is -2.13. The Morgan fingerprint density at radius 3 is 1.15 bits per heavy atom. The molecule has 0 radical (unpaired) electrons. The van der Waals surface area contributed by atoms with Crippen LogP contribution in [0, 0.1) is 0 Å². The van der Waals surface area contributed by atoms with Gasteiger partial charge in [0.1, 0.15) is 20.2 Å². The number of nitrogens with one attached hydrogen (secondary N) is 4. The maximum Gasteiger partial charge on any atom is 1.00 e. The first-order valence-corrected chi connectivity index (χ1v) is 20.7. The second-order valence-corrected chi connectivity index (χ2v) is 15.5. The Kier molecular flexibility index (Phi) is 19.3. The number of aliphatic hydroxyl groups excluding tert-OH is 2. The Labute approximate surface area is 443 Å². The zero-order valence-electron chi connectivity index (χ0n) is 34.0. The Balaban J connectivity index is 0.00000422. The number of aliphatic hydroxyl groups is 2. The van der Waals surface area contributed by atoms with Crippen LogP contribution in [0.1, 0.15) is 11.1 Å². The van der Waals surface area contributed by atoms with Crippen LogP contribution in [0.2, 0.25) is 0 Å². The van der Waals surface area contributed by atoms with Gasteiger partial charge in [0, 0.05) is 49.9 Å². The quantitative estimate of drug-likeness (QED) is 0.0305. The number of aromatic nitrogens is 6. The fourth-order valence-electron chi connectivity index (χ4n) is 5.47. The van der Waals surface area contributed by atoms with E-state index < -0.39 is 30.0 Å². The third kappa shape index (κ3) is 14.5. The van der Waals surface area contributed by atoms with E-state index in [1.54, 1.807) is 48.2 Å². The first-order chi connectivity index (χ1) is 28.7. The summed E-state index contributed by atoms with van der Waals surface area (Å²) in [5.74, 6) is 0.579. The van der Waals surface area contributed by atoms with Crippen LogP contribution in [0.15, 0.2) is 107 Å². The number of anilines is 10. The third-order valence-electron chi connectivity index (χ3n) is 8.38. The van der Waals surface area contributed by atoms with E-state index in [0.29, 0.717) is 11.4 Å². The van der Waals surface area contributed by atoms with Gasteiger partial charge < -0.3 is 50.4 Å². The molecule has 0 aliphatic heterocycles. The molecule has 62 heavy (non-hydrogen) atoms. The minimum atomic E-state index is -5.12. The van der Waals surface area contributed by atoms with Gasteiger partial charge in [-0.1, -0.05) is 60.7 Å². The summed E-state index contributed by atoms with van der Waals surface area (Å²) in [6.45, 7) is 0.0195. The van der Waals surface area contributed by atoms with Crippen molar-refractivity contribution >= 4 is 90.8 Å². The molecule has 2 heterocycles. The summed E-state index contributed by atoms with van der Waals surface area (Å²) in [6, 6.07) is 25.7. The summed E-state index contributed by atoms with van der Waals surface area (Å²) in [7, 11) is -6.93. The Bertz CT molecular complexity index is 2530. The molecule has 0 unspecified atom stereocenters. The topological polar surface area (TPSA) is 287 Å². The van der Waals surface area contributed by atoms with Gasteiger partial charge in [-0.3, -0.25) is 0 Å². The molecule has 0 aliphatic carbocycles. The number of benzene rings is 4. The normalized spacial score (nSPS) is 11.3. The standard InChI is InChI=1S/C38H40N12O8S2.2K/c1-49(19-21-51)37-45-33(39-27-9-5-3-6-10-27)43-35(47-37)41-29-17-15-25(31(23-29)59(53,54)55)13-14-26-16-18-30(24-32(26)60(56,57)58)42-36-44-34(40-28-11-7-4-8-12-28)46-38(48-36)50(2)20-22-52;;/h3-18,23-24,51-52H,19-22H2,1-2H3,(H,53,54,55)(H,56,57,58)(H2,39,41,43,45,47)(H2,40,42,44,46,48);;/q;2*+1/p-2. The number of rotatable bonds is 18. The van der Waals surface area contributed by atoms with E-state index in [0.717, 1.165) is 12.1 Å². The Hall–Kier alpha value is -3.55. The van der Waals surface area contributed by atoms with Gasteiger partial charge in [-0.15, -0.1) is 0 Å². The molecule has 0 saturated heterocycles. The van der Waals surface area contributed by atoms with Crippen molar-refractivity contribution in [3.05, 3.63) is 108 Å². The molecule has 0 saturated carbocycles. The average Bonchev–Trinajstić information content (AvgIpc) is 3.20. The molecule has 0 spiro atoms. The summed E-state index contributed by atoms with van der Waals surface area (Å²) >= 11 is 0. The summed E-state index contributed by atoms with van der Waals surface area (Å²) in [5.41, 5.74) is 1.34. The van der Waals surface area contributed by atoms with Gasteiger partial charge in [0.15, 0.2) is 0 Å². The molecule has 6 rings (SSSR count). The second-order valence-electron chi connectivity index (χ2n) is 12.8. The average molecular weight is 933 g/mol. The number of para-hydroxylation sites is 2. The molecule has 6 N–H and O–H groups in total. The summed E-state index contributed by atoms with van der Waals surface area (Å²) in [6.07, 6.45) is 2.38. The van der Waals surface area contributed by atoms with Crippen LogP contribution in [0.4, 0.5) is 58.4 Å². The molecule has 0 fully saturated rings. The van der Waals surface area contributed by atoms with Crippen molar-refractivity contribution in [3.8, 4) is 0 Å². The zero-order chi connectivity index (χ0) is 42.9. The number of hydrogen-bond acceptors (Lipinski definition) is 20. The molecule has 0 atom stereocenters. The summed E-state index contributed by atoms with van der Waals surface area (Å²) in [5, 5.41) is 30.8. The Morgan fingerprint density at radius 1 is 0.516 bits per heavy atom. The molecule has 24 heteroatoms. The molecule has 2 aromatic heterocycles. The van der Waals surface area contributed by atoms with Crippen molar-refractivity contribution < 1.29 is 139 Å². The van der Waals surface area contributed by atoms with E-state index in [4.69, 9.17) is 0 Å². The van der Waals surface area contributed by atoms with Crippen molar-refractivity contribution in [2.24, 2.45) is 0 Å². The van der Waals surface area contributed by atoms with Crippen LogP contribution in [-0.2, 0) is 20.2 Å². The van der Waals surface area contributed by atoms with Crippen LogP contribution in [0.5, 0.6) is 0 Å². The van der Waals surface area contributed by atoms with E-state index in [1.807, 2.05) is 36.4 Å². The van der Waals surface area contributed by atoms with Crippen LogP contribution in [0.3, 0.4) is 0 Å². The molecule has 0 amide bonds. The van der Waals surface area contributed by atoms with Crippen LogP contribution < -0.4 is 134 Å². The van der Waals surface area contributed by atoms with Crippen molar-refractivity contribution in [1.29, 1.82) is 0 Å². The summed E-state index contributed by atoms with van der Waals surface area (Å²) in [4.78, 5) is 28.1. The maximum atomic E-state index is 12.5. The first-order valence-electron chi connectivity index (χ1n) is 17.9. The molecule has 4 aromatic carbocycles. The predicted molar refractivity (Wildman–Crippen MR) is 224 cm³/mol. The van der Waals surface area contributed by atoms with Crippen LogP contribution in [-0.4, -0.2) is 106 Å². The van der Waals surface area contributed by atoms with Crippen LogP contribution >= 0.6 is 0 Å². The van der Waals surface area contributed by atoms with Gasteiger partial charge in [-0.05, 0) is 59.7 Å². The summed E-state index contributed by atoms with van der Waals surface area (Å²) < 4.78 is 75.2. The first kappa shape index (κ1) is 51.1. The monoisotopic (exact) mass is 932 g/mol. The molecule has 0 bridgehead atoms. The number of likely N-dealkylation sites (N-methyl/N-ethyl adjacent to an activating group) is 2. The second kappa shape index (κ2) is 23.4. The zero-order valence-corrected chi connectivity index (χ0v) is 41.8. The van der Waals surface area contributed by atoms with Crippen molar-refractivity contribution in [1.82, 2.24) is 29.9 Å². The molecule has 0 aliphatic rings. The van der Waals surface area contributed by atoms with Gasteiger partial charge in [0.25, 0.3) is 0 Å². The molecule has 20 nitrogen and oxygen atoms in total. The van der Waals surface area contributed by atoms with Crippen molar-refractivity contribution in [2.75, 3.05) is 71.5 Å². The van der Waals surface area contributed by atoms with E-state index in [1.165, 1.54) is 36.4 Å².